The van der Waals surface area contributed by atoms with Gasteiger partial charge in [-0.15, -0.1) is 0 Å². The normalized spacial score (nSPS) is 18.3. The lowest BCUT2D eigenvalue weighted by Crippen LogP contribution is -2.35. The number of rotatable bonds is 6. The largest absolute Gasteiger partial charge is 0.352 e. The number of anilines is 1. The Balaban J connectivity index is 1.70. The summed E-state index contributed by atoms with van der Waals surface area (Å²) in [5.74, 6) is 0.829. The fourth-order valence-corrected chi connectivity index (χ4v) is 3.51. The Morgan fingerprint density at radius 1 is 1.22 bits per heavy atom. The highest BCUT2D eigenvalue weighted by Crippen LogP contribution is 2.28. The molecule has 0 spiro atoms. The summed E-state index contributed by atoms with van der Waals surface area (Å²) in [4.78, 5) is 14.0. The highest BCUT2D eigenvalue weighted by atomic mass is 35.5. The molecule has 0 aliphatic carbocycles. The van der Waals surface area contributed by atoms with Crippen molar-refractivity contribution in [1.82, 2.24) is 14.9 Å². The van der Waals surface area contributed by atoms with Gasteiger partial charge in [-0.25, -0.2) is 9.97 Å². The van der Waals surface area contributed by atoms with E-state index in [1.807, 2.05) is 24.3 Å². The summed E-state index contributed by atoms with van der Waals surface area (Å²) < 4.78 is 0. The van der Waals surface area contributed by atoms with Crippen molar-refractivity contribution in [2.24, 2.45) is 0 Å². The quantitative estimate of drug-likeness (QED) is 0.749. The van der Waals surface area contributed by atoms with Gasteiger partial charge in [0.15, 0.2) is 11.0 Å². The molecule has 2 aromatic rings. The molecule has 1 atom stereocenters. The van der Waals surface area contributed by atoms with E-state index in [0.717, 1.165) is 36.4 Å². The summed E-state index contributed by atoms with van der Waals surface area (Å²) in [6, 6.07) is 8.47. The second-order valence-electron chi connectivity index (χ2n) is 6.40. The van der Waals surface area contributed by atoms with E-state index in [2.05, 4.69) is 28.8 Å². The molecular weight excluding hydrogens is 308 g/mol. The number of halogens is 1. The predicted octanol–water partition coefficient (Wildman–Crippen LogP) is 3.98. The number of unbranched alkanes of at least 4 members (excludes halogenated alkanes) is 2. The van der Waals surface area contributed by atoms with Gasteiger partial charge in [0.25, 0.3) is 0 Å². The first-order valence-electron chi connectivity index (χ1n) is 8.56. The third-order valence-electron chi connectivity index (χ3n) is 4.71. The average Bonchev–Trinajstić information content (AvgIpc) is 3.04. The van der Waals surface area contributed by atoms with Gasteiger partial charge in [0.1, 0.15) is 0 Å². The molecule has 3 rings (SSSR count). The summed E-state index contributed by atoms with van der Waals surface area (Å²) in [7, 11) is 2.23. The fourth-order valence-electron chi connectivity index (χ4n) is 3.26. The summed E-state index contributed by atoms with van der Waals surface area (Å²) in [6.45, 7) is 5.39. The fraction of sp³-hybridized carbons (Fsp3) is 0.556. The van der Waals surface area contributed by atoms with E-state index in [9.17, 15) is 0 Å². The Morgan fingerprint density at radius 3 is 2.70 bits per heavy atom. The van der Waals surface area contributed by atoms with Gasteiger partial charge in [-0.3, -0.25) is 0 Å². The zero-order chi connectivity index (χ0) is 16.2. The van der Waals surface area contributed by atoms with Gasteiger partial charge in [0.2, 0.25) is 0 Å². The van der Waals surface area contributed by atoms with Crippen LogP contribution in [0, 0.1) is 0 Å². The first-order chi connectivity index (χ1) is 11.2. The van der Waals surface area contributed by atoms with E-state index in [1.54, 1.807) is 0 Å². The minimum Gasteiger partial charge on any atom is -0.352 e. The van der Waals surface area contributed by atoms with Gasteiger partial charge in [-0.1, -0.05) is 43.5 Å². The molecule has 1 aromatic carbocycles. The molecule has 23 heavy (non-hydrogen) atoms. The lowest BCUT2D eigenvalue weighted by molar-refractivity contribution is 0.253. The van der Waals surface area contributed by atoms with E-state index >= 15 is 0 Å². The van der Waals surface area contributed by atoms with Crippen molar-refractivity contribution in [3.63, 3.8) is 0 Å². The minimum absolute atomic E-state index is 0.512. The smallest absolute Gasteiger partial charge is 0.172 e. The van der Waals surface area contributed by atoms with Gasteiger partial charge in [-0.05, 0) is 38.6 Å². The zero-order valence-corrected chi connectivity index (χ0v) is 14.8. The highest BCUT2D eigenvalue weighted by Gasteiger charge is 2.28. The molecule has 124 valence electrons. The summed E-state index contributed by atoms with van der Waals surface area (Å²) >= 11 is 6.38. The molecule has 5 heteroatoms. The second-order valence-corrected chi connectivity index (χ2v) is 6.76. The third kappa shape index (κ3) is 3.75. The van der Waals surface area contributed by atoms with E-state index in [1.165, 1.54) is 25.8 Å². The topological polar surface area (TPSA) is 32.3 Å². The molecule has 1 aromatic heterocycles. The van der Waals surface area contributed by atoms with Gasteiger partial charge in [-0.2, -0.15) is 0 Å². The molecule has 1 saturated heterocycles. The molecule has 1 aliphatic rings. The molecule has 1 aliphatic heterocycles. The maximum atomic E-state index is 6.38. The van der Waals surface area contributed by atoms with Crippen LogP contribution in [0.1, 0.15) is 32.6 Å². The number of para-hydroxylation sites is 2. The van der Waals surface area contributed by atoms with Crippen LogP contribution in [0.15, 0.2) is 24.3 Å². The number of benzene rings is 1. The van der Waals surface area contributed by atoms with Gasteiger partial charge in [0.05, 0.1) is 11.0 Å². The van der Waals surface area contributed by atoms with Crippen LogP contribution in [-0.2, 0) is 0 Å². The lowest BCUT2D eigenvalue weighted by atomic mass is 10.2. The van der Waals surface area contributed by atoms with E-state index in [0.29, 0.717) is 11.2 Å². The van der Waals surface area contributed by atoms with Crippen LogP contribution < -0.4 is 4.90 Å². The number of aromatic nitrogens is 2. The Hall–Kier alpha value is -1.39. The van der Waals surface area contributed by atoms with Gasteiger partial charge >= 0.3 is 0 Å². The van der Waals surface area contributed by atoms with Gasteiger partial charge in [0, 0.05) is 19.1 Å². The molecule has 1 fully saturated rings. The second kappa shape index (κ2) is 7.45. The van der Waals surface area contributed by atoms with Crippen molar-refractivity contribution >= 4 is 28.5 Å². The molecule has 2 heterocycles. The van der Waals surface area contributed by atoms with Crippen LogP contribution in [0.25, 0.3) is 11.0 Å². The molecule has 0 bridgehead atoms. The highest BCUT2D eigenvalue weighted by molar-refractivity contribution is 6.32. The van der Waals surface area contributed by atoms with Crippen LogP contribution in [0.3, 0.4) is 0 Å². The molecule has 1 unspecified atom stereocenters. The molecule has 0 amide bonds. The number of hydrogen-bond acceptors (Lipinski definition) is 4. The maximum Gasteiger partial charge on any atom is 0.172 e. The number of nitrogens with zero attached hydrogens (tertiary/aromatic N) is 4. The Bertz CT molecular complexity index is 661. The average molecular weight is 333 g/mol. The molecule has 0 saturated carbocycles. The molecule has 0 radical (unpaired) electrons. The van der Waals surface area contributed by atoms with Crippen LogP contribution in [0.2, 0.25) is 5.15 Å². The summed E-state index contributed by atoms with van der Waals surface area (Å²) in [6.07, 6.45) is 5.02. The summed E-state index contributed by atoms with van der Waals surface area (Å²) in [5.41, 5.74) is 1.76. The van der Waals surface area contributed by atoms with Gasteiger partial charge < -0.3 is 9.80 Å². The Labute approximate surface area is 143 Å². The first kappa shape index (κ1) is 16.5. The van der Waals surface area contributed by atoms with Crippen LogP contribution in [0.4, 0.5) is 5.82 Å². The standard InChI is InChI=1S/C18H25ClN4/c1-3-4-7-11-22(2)14-10-12-23(13-14)18-17(19)20-15-8-5-6-9-16(15)21-18/h5-6,8-9,14H,3-4,7,10-13H2,1-2H3. The Morgan fingerprint density at radius 2 is 1.96 bits per heavy atom. The van der Waals surface area contributed by atoms with Crippen molar-refractivity contribution in [3.8, 4) is 0 Å². The first-order valence-corrected chi connectivity index (χ1v) is 8.94. The molecule has 4 nitrogen and oxygen atoms in total. The van der Waals surface area contributed by atoms with E-state index in [4.69, 9.17) is 16.6 Å². The van der Waals surface area contributed by atoms with Crippen molar-refractivity contribution in [2.75, 3.05) is 31.6 Å². The van der Waals surface area contributed by atoms with Crippen molar-refractivity contribution in [1.29, 1.82) is 0 Å². The third-order valence-corrected chi connectivity index (χ3v) is 4.97. The van der Waals surface area contributed by atoms with Crippen molar-refractivity contribution in [3.05, 3.63) is 29.4 Å². The number of likely N-dealkylation sites (N-methyl/N-ethyl adjacent to an activating group) is 1. The molecule has 0 N–H and O–H groups in total. The van der Waals surface area contributed by atoms with Crippen LogP contribution >= 0.6 is 11.6 Å². The minimum atomic E-state index is 0.512. The summed E-state index contributed by atoms with van der Waals surface area (Å²) in [5, 5.41) is 0.512. The van der Waals surface area contributed by atoms with E-state index < -0.39 is 0 Å². The lowest BCUT2D eigenvalue weighted by Gasteiger charge is -2.25. The van der Waals surface area contributed by atoms with E-state index in [-0.39, 0.29) is 0 Å². The number of hydrogen-bond donors (Lipinski definition) is 0. The van der Waals surface area contributed by atoms with Crippen molar-refractivity contribution < 1.29 is 0 Å². The van der Waals surface area contributed by atoms with Crippen LogP contribution in [-0.4, -0.2) is 47.6 Å². The SMILES string of the molecule is CCCCCN(C)C1CCN(c2nc3ccccc3nc2Cl)C1. The van der Waals surface area contributed by atoms with Crippen molar-refractivity contribution in [2.45, 2.75) is 38.6 Å². The molecular formula is C18H25ClN4. The van der Waals surface area contributed by atoms with Crippen LogP contribution in [0.5, 0.6) is 0 Å². The Kier molecular flexibility index (Phi) is 5.34. The maximum absolute atomic E-state index is 6.38. The zero-order valence-electron chi connectivity index (χ0n) is 14.0. The monoisotopic (exact) mass is 332 g/mol. The predicted molar refractivity (Wildman–Crippen MR) is 97.3 cm³/mol. The number of fused-ring (bicyclic) bond motifs is 1.